The molecule has 0 aromatic carbocycles. The minimum absolute atomic E-state index is 0.238. The zero-order valence-corrected chi connectivity index (χ0v) is 12.4. The van der Waals surface area contributed by atoms with Gasteiger partial charge in [0.2, 0.25) is 0 Å². The topological polar surface area (TPSA) is 43.8 Å². The smallest absolute Gasteiger partial charge is 0.0849 e. The first kappa shape index (κ1) is 13.9. The average molecular weight is 270 g/mol. The maximum absolute atomic E-state index is 6.44. The lowest BCUT2D eigenvalue weighted by Gasteiger charge is -2.27. The molecule has 0 spiro atoms. The van der Waals surface area contributed by atoms with Crippen molar-refractivity contribution in [1.29, 1.82) is 0 Å². The van der Waals surface area contributed by atoms with Crippen molar-refractivity contribution in [1.82, 2.24) is 9.78 Å². The standard InChI is InChI=1S/C14H24ClN3/c1-4-11-13(15)12(18(3)17-11)8-14(9-16)6-5-10(2)7-14/h10H,4-9,16H2,1-3H3. The summed E-state index contributed by atoms with van der Waals surface area (Å²) in [7, 11) is 1.99. The predicted octanol–water partition coefficient (Wildman–Crippen LogP) is 2.94. The van der Waals surface area contributed by atoms with Crippen molar-refractivity contribution in [2.45, 2.75) is 46.0 Å². The fourth-order valence-corrected chi connectivity index (χ4v) is 3.64. The van der Waals surface area contributed by atoms with Gasteiger partial charge in [-0.15, -0.1) is 0 Å². The summed E-state index contributed by atoms with van der Waals surface area (Å²) in [4.78, 5) is 0. The highest BCUT2D eigenvalue weighted by atomic mass is 35.5. The number of nitrogens with zero attached hydrogens (tertiary/aromatic N) is 2. The minimum Gasteiger partial charge on any atom is -0.330 e. The van der Waals surface area contributed by atoms with Gasteiger partial charge in [-0.2, -0.15) is 5.10 Å². The second-order valence-electron chi connectivity index (χ2n) is 5.91. The van der Waals surface area contributed by atoms with Crippen molar-refractivity contribution in [3.63, 3.8) is 0 Å². The fraction of sp³-hybridized carbons (Fsp3) is 0.786. The summed E-state index contributed by atoms with van der Waals surface area (Å²) in [6, 6.07) is 0. The molecule has 1 aliphatic carbocycles. The van der Waals surface area contributed by atoms with Gasteiger partial charge >= 0.3 is 0 Å². The molecule has 1 saturated carbocycles. The Hall–Kier alpha value is -0.540. The third-order valence-corrected chi connectivity index (χ3v) is 4.86. The van der Waals surface area contributed by atoms with Crippen LogP contribution in [0.3, 0.4) is 0 Å². The summed E-state index contributed by atoms with van der Waals surface area (Å²) < 4.78 is 1.95. The number of hydrogen-bond donors (Lipinski definition) is 1. The first-order chi connectivity index (χ1) is 8.51. The van der Waals surface area contributed by atoms with E-state index in [2.05, 4.69) is 18.9 Å². The van der Waals surface area contributed by atoms with Gasteiger partial charge in [0, 0.05) is 7.05 Å². The SMILES string of the molecule is CCc1nn(C)c(CC2(CN)CCC(C)C2)c1Cl. The maximum Gasteiger partial charge on any atom is 0.0849 e. The third-order valence-electron chi connectivity index (χ3n) is 4.43. The molecule has 2 N–H and O–H groups in total. The molecular weight excluding hydrogens is 246 g/mol. The molecule has 0 aliphatic heterocycles. The molecule has 0 amide bonds. The molecule has 4 heteroatoms. The molecule has 102 valence electrons. The van der Waals surface area contributed by atoms with Crippen LogP contribution in [-0.2, 0) is 19.9 Å². The molecule has 0 saturated heterocycles. The van der Waals surface area contributed by atoms with E-state index in [1.165, 1.54) is 19.3 Å². The Morgan fingerprint density at radius 1 is 1.56 bits per heavy atom. The van der Waals surface area contributed by atoms with Gasteiger partial charge in [-0.1, -0.05) is 31.9 Å². The summed E-state index contributed by atoms with van der Waals surface area (Å²) >= 11 is 6.44. The molecule has 0 bridgehead atoms. The number of aryl methyl sites for hydroxylation is 2. The van der Waals surface area contributed by atoms with Gasteiger partial charge in [-0.3, -0.25) is 4.68 Å². The summed E-state index contributed by atoms with van der Waals surface area (Å²) in [5.41, 5.74) is 8.45. The number of hydrogen-bond acceptors (Lipinski definition) is 2. The van der Waals surface area contributed by atoms with Crippen LogP contribution in [0.4, 0.5) is 0 Å². The Bertz CT molecular complexity index is 427. The molecule has 1 fully saturated rings. The summed E-state index contributed by atoms with van der Waals surface area (Å²) in [5.74, 6) is 0.784. The van der Waals surface area contributed by atoms with Crippen LogP contribution in [-0.4, -0.2) is 16.3 Å². The number of rotatable bonds is 4. The van der Waals surface area contributed by atoms with Gasteiger partial charge in [-0.05, 0) is 43.6 Å². The van der Waals surface area contributed by atoms with E-state index in [0.717, 1.165) is 41.7 Å². The summed E-state index contributed by atoms with van der Waals surface area (Å²) in [6.07, 6.45) is 5.57. The Kier molecular flexibility index (Phi) is 4.02. The Labute approximate surface area is 115 Å². The Balaban J connectivity index is 2.25. The molecule has 1 aromatic heterocycles. The van der Waals surface area contributed by atoms with Crippen LogP contribution in [0.5, 0.6) is 0 Å². The largest absolute Gasteiger partial charge is 0.330 e. The number of nitrogens with two attached hydrogens (primary N) is 1. The van der Waals surface area contributed by atoms with Crippen LogP contribution >= 0.6 is 11.6 Å². The minimum atomic E-state index is 0.238. The average Bonchev–Trinajstić information content (AvgIpc) is 2.85. The van der Waals surface area contributed by atoms with Gasteiger partial charge < -0.3 is 5.73 Å². The van der Waals surface area contributed by atoms with Gasteiger partial charge in [0.15, 0.2) is 0 Å². The summed E-state index contributed by atoms with van der Waals surface area (Å²) in [6.45, 7) is 5.16. The lowest BCUT2D eigenvalue weighted by atomic mass is 9.81. The van der Waals surface area contributed by atoms with E-state index in [4.69, 9.17) is 17.3 Å². The number of halogens is 1. The van der Waals surface area contributed by atoms with E-state index in [1.807, 2.05) is 11.7 Å². The molecule has 1 aromatic rings. The van der Waals surface area contributed by atoms with Crippen molar-refractivity contribution >= 4 is 11.6 Å². The zero-order chi connectivity index (χ0) is 13.3. The van der Waals surface area contributed by atoms with E-state index in [9.17, 15) is 0 Å². The van der Waals surface area contributed by atoms with Gasteiger partial charge in [0.25, 0.3) is 0 Å². The lowest BCUT2D eigenvalue weighted by molar-refractivity contribution is 0.289. The normalized spacial score (nSPS) is 27.9. The van der Waals surface area contributed by atoms with Crippen LogP contribution < -0.4 is 5.73 Å². The van der Waals surface area contributed by atoms with Crippen LogP contribution in [0.25, 0.3) is 0 Å². The van der Waals surface area contributed by atoms with Crippen molar-refractivity contribution in [2.24, 2.45) is 24.1 Å². The predicted molar refractivity (Wildman–Crippen MR) is 75.8 cm³/mol. The molecule has 1 heterocycles. The fourth-order valence-electron chi connectivity index (χ4n) is 3.28. The van der Waals surface area contributed by atoms with Crippen LogP contribution in [0.1, 0.15) is 44.5 Å². The van der Waals surface area contributed by atoms with Crippen LogP contribution in [0.2, 0.25) is 5.02 Å². The Morgan fingerprint density at radius 3 is 2.72 bits per heavy atom. The molecule has 2 rings (SSSR count). The first-order valence-electron chi connectivity index (χ1n) is 6.91. The van der Waals surface area contributed by atoms with Gasteiger partial charge in [-0.25, -0.2) is 0 Å². The first-order valence-corrected chi connectivity index (χ1v) is 7.29. The van der Waals surface area contributed by atoms with Crippen molar-refractivity contribution in [3.05, 3.63) is 16.4 Å². The van der Waals surface area contributed by atoms with Crippen molar-refractivity contribution in [2.75, 3.05) is 6.54 Å². The molecule has 2 atom stereocenters. The monoisotopic (exact) mass is 269 g/mol. The van der Waals surface area contributed by atoms with E-state index in [0.29, 0.717) is 0 Å². The molecular formula is C14H24ClN3. The van der Waals surface area contributed by atoms with Gasteiger partial charge in [0.05, 0.1) is 16.4 Å². The molecule has 3 nitrogen and oxygen atoms in total. The van der Waals surface area contributed by atoms with Crippen molar-refractivity contribution in [3.8, 4) is 0 Å². The molecule has 18 heavy (non-hydrogen) atoms. The molecule has 0 radical (unpaired) electrons. The highest BCUT2D eigenvalue weighted by Crippen LogP contribution is 2.44. The van der Waals surface area contributed by atoms with Crippen LogP contribution in [0, 0.1) is 11.3 Å². The maximum atomic E-state index is 6.44. The van der Waals surface area contributed by atoms with E-state index >= 15 is 0 Å². The quantitative estimate of drug-likeness (QED) is 0.913. The molecule has 1 aliphatic rings. The second-order valence-corrected chi connectivity index (χ2v) is 6.29. The third kappa shape index (κ3) is 2.43. The van der Waals surface area contributed by atoms with Crippen LogP contribution in [0.15, 0.2) is 0 Å². The highest BCUT2D eigenvalue weighted by Gasteiger charge is 2.37. The summed E-state index contributed by atoms with van der Waals surface area (Å²) in [5, 5.41) is 5.35. The highest BCUT2D eigenvalue weighted by molar-refractivity contribution is 6.31. The van der Waals surface area contributed by atoms with Crippen molar-refractivity contribution < 1.29 is 0 Å². The van der Waals surface area contributed by atoms with E-state index < -0.39 is 0 Å². The Morgan fingerprint density at radius 2 is 2.28 bits per heavy atom. The molecule has 2 unspecified atom stereocenters. The van der Waals surface area contributed by atoms with E-state index in [-0.39, 0.29) is 5.41 Å². The second kappa shape index (κ2) is 5.22. The van der Waals surface area contributed by atoms with E-state index in [1.54, 1.807) is 0 Å². The van der Waals surface area contributed by atoms with Gasteiger partial charge in [0.1, 0.15) is 0 Å². The number of aromatic nitrogens is 2. The zero-order valence-electron chi connectivity index (χ0n) is 11.7. The lowest BCUT2D eigenvalue weighted by Crippen LogP contribution is -2.31.